The van der Waals surface area contributed by atoms with Crippen LogP contribution >= 0.6 is 11.3 Å². The number of thiazole rings is 1. The van der Waals surface area contributed by atoms with Crippen LogP contribution in [-0.4, -0.2) is 27.7 Å². The number of amides is 1. The predicted molar refractivity (Wildman–Crippen MR) is 79.4 cm³/mol. The van der Waals surface area contributed by atoms with Gasteiger partial charge in [-0.15, -0.1) is 11.3 Å². The Hall–Kier alpha value is -1.46. The van der Waals surface area contributed by atoms with Gasteiger partial charge in [-0.05, 0) is 30.5 Å². The quantitative estimate of drug-likeness (QED) is 0.678. The van der Waals surface area contributed by atoms with Gasteiger partial charge in [0.15, 0.2) is 0 Å². The molecule has 3 nitrogen and oxygen atoms in total. The second-order valence-corrected chi connectivity index (χ2v) is 5.92. The van der Waals surface area contributed by atoms with Crippen molar-refractivity contribution in [1.82, 2.24) is 10.3 Å². The zero-order chi connectivity index (χ0) is 13.8. The molecule has 0 bridgehead atoms. The largest absolute Gasteiger partial charge is 0.356 e. The molecule has 1 unspecified atom stereocenters. The van der Waals surface area contributed by atoms with Crippen molar-refractivity contribution in [3.63, 3.8) is 0 Å². The molecule has 0 saturated heterocycles. The number of carbonyl (C=O) groups is 1. The molecule has 1 aromatic carbocycles. The highest BCUT2D eigenvalue weighted by Crippen LogP contribution is 2.28. The molecule has 2 aromatic rings. The van der Waals surface area contributed by atoms with Gasteiger partial charge in [0.2, 0.25) is 6.41 Å². The average Bonchev–Trinajstić information content (AvgIpc) is 2.84. The lowest BCUT2D eigenvalue weighted by Gasteiger charge is -2.19. The fourth-order valence-electron chi connectivity index (χ4n) is 1.91. The molecule has 2 rings (SSSR count). The third-order valence-corrected chi connectivity index (χ3v) is 4.92. The zero-order valence-electron chi connectivity index (χ0n) is 10.9. The van der Waals surface area contributed by atoms with Crippen LogP contribution in [0, 0.1) is 6.92 Å². The number of hydrogen-bond acceptors (Lipinski definition) is 3. The van der Waals surface area contributed by atoms with E-state index in [-0.39, 0.29) is 11.6 Å². The van der Waals surface area contributed by atoms with Crippen LogP contribution in [0.5, 0.6) is 0 Å². The van der Waals surface area contributed by atoms with Crippen molar-refractivity contribution < 1.29 is 4.79 Å². The maximum Gasteiger partial charge on any atom is 0.207 e. The number of aryl methyl sites for hydroxylation is 1. The summed E-state index contributed by atoms with van der Waals surface area (Å²) in [4.78, 5) is 15.9. The number of rotatable bonds is 5. The SMILES string of the molecule is Cc1ncsc1-c1ccc(C([Si])[C@H](C)NC=O)cc1. The number of nitrogens with zero attached hydrogens (tertiary/aromatic N) is 1. The average molecular weight is 287 g/mol. The van der Waals surface area contributed by atoms with Crippen molar-refractivity contribution >= 4 is 28.0 Å². The van der Waals surface area contributed by atoms with Gasteiger partial charge in [-0.1, -0.05) is 24.3 Å². The van der Waals surface area contributed by atoms with E-state index in [0.717, 1.165) is 17.7 Å². The van der Waals surface area contributed by atoms with Crippen molar-refractivity contribution in [3.8, 4) is 10.4 Å². The van der Waals surface area contributed by atoms with Gasteiger partial charge in [0, 0.05) is 16.3 Å². The number of carbonyl (C=O) groups excluding carboxylic acids is 1. The molecule has 0 aliphatic rings. The monoisotopic (exact) mass is 287 g/mol. The second-order valence-electron chi connectivity index (χ2n) is 4.44. The maximum atomic E-state index is 10.5. The summed E-state index contributed by atoms with van der Waals surface area (Å²) in [6.07, 6.45) is 0.729. The van der Waals surface area contributed by atoms with E-state index >= 15 is 0 Å². The van der Waals surface area contributed by atoms with Crippen LogP contribution in [0.25, 0.3) is 10.4 Å². The Kier molecular flexibility index (Phi) is 4.50. The van der Waals surface area contributed by atoms with E-state index in [2.05, 4.69) is 44.8 Å². The lowest BCUT2D eigenvalue weighted by molar-refractivity contribution is -0.110. The Morgan fingerprint density at radius 1 is 1.37 bits per heavy atom. The Balaban J connectivity index is 2.19. The minimum absolute atomic E-state index is 0.0464. The summed E-state index contributed by atoms with van der Waals surface area (Å²) < 4.78 is 0. The van der Waals surface area contributed by atoms with Gasteiger partial charge in [0.1, 0.15) is 0 Å². The highest BCUT2D eigenvalue weighted by Gasteiger charge is 2.14. The van der Waals surface area contributed by atoms with Crippen LogP contribution in [0.15, 0.2) is 29.8 Å². The Morgan fingerprint density at radius 3 is 2.58 bits per heavy atom. The lowest BCUT2D eigenvalue weighted by Crippen LogP contribution is -2.31. The van der Waals surface area contributed by atoms with Crippen molar-refractivity contribution in [2.75, 3.05) is 0 Å². The summed E-state index contributed by atoms with van der Waals surface area (Å²) in [6.45, 7) is 3.98. The summed E-state index contributed by atoms with van der Waals surface area (Å²) in [5.74, 6) is 0. The van der Waals surface area contributed by atoms with Crippen LogP contribution in [0.4, 0.5) is 0 Å². The van der Waals surface area contributed by atoms with Gasteiger partial charge in [-0.25, -0.2) is 4.98 Å². The molecule has 0 aliphatic carbocycles. The van der Waals surface area contributed by atoms with E-state index in [9.17, 15) is 4.79 Å². The first-order chi connectivity index (χ1) is 9.13. The fraction of sp³-hybridized carbons (Fsp3) is 0.286. The smallest absolute Gasteiger partial charge is 0.207 e. The van der Waals surface area contributed by atoms with E-state index in [1.165, 1.54) is 10.4 Å². The predicted octanol–water partition coefficient (Wildman–Crippen LogP) is 2.46. The fourth-order valence-corrected chi connectivity index (χ4v) is 3.01. The molecule has 2 atom stereocenters. The van der Waals surface area contributed by atoms with Crippen LogP contribution < -0.4 is 5.32 Å². The van der Waals surface area contributed by atoms with Crippen molar-refractivity contribution in [2.45, 2.75) is 25.4 Å². The van der Waals surface area contributed by atoms with Crippen LogP contribution in [0.2, 0.25) is 0 Å². The standard InChI is InChI=1S/C14H15N2OSSi/c1-9-13(18-8-16-9)11-3-5-12(6-4-11)14(19)10(2)15-7-17/h3-8,10,14H,1-2H3,(H,15,17)/t10-,14?/m0/s1. The van der Waals surface area contributed by atoms with Crippen molar-refractivity contribution in [2.24, 2.45) is 0 Å². The third-order valence-electron chi connectivity index (χ3n) is 3.11. The molecule has 0 saturated carbocycles. The number of hydrogen-bond donors (Lipinski definition) is 1. The molecule has 0 spiro atoms. The van der Waals surface area contributed by atoms with Gasteiger partial charge in [0.05, 0.1) is 16.1 Å². The molecule has 97 valence electrons. The van der Waals surface area contributed by atoms with E-state index in [0.29, 0.717) is 0 Å². The minimum atomic E-state index is 0.0464. The highest BCUT2D eigenvalue weighted by atomic mass is 32.1. The highest BCUT2D eigenvalue weighted by molar-refractivity contribution is 7.13. The Bertz CT molecular complexity index is 553. The van der Waals surface area contributed by atoms with Crippen molar-refractivity contribution in [1.29, 1.82) is 0 Å². The van der Waals surface area contributed by atoms with Crippen LogP contribution in [-0.2, 0) is 4.79 Å². The van der Waals surface area contributed by atoms with E-state index in [1.807, 2.05) is 19.4 Å². The molecule has 19 heavy (non-hydrogen) atoms. The van der Waals surface area contributed by atoms with Crippen LogP contribution in [0.3, 0.4) is 0 Å². The van der Waals surface area contributed by atoms with Gasteiger partial charge >= 0.3 is 0 Å². The number of nitrogens with one attached hydrogen (secondary N) is 1. The minimum Gasteiger partial charge on any atom is -0.356 e. The lowest BCUT2D eigenvalue weighted by atomic mass is 10.0. The van der Waals surface area contributed by atoms with E-state index < -0.39 is 0 Å². The third kappa shape index (κ3) is 3.11. The molecule has 1 N–H and O–H groups in total. The molecule has 1 amide bonds. The maximum absolute atomic E-state index is 10.5. The summed E-state index contributed by atoms with van der Waals surface area (Å²) in [6, 6.07) is 8.39. The van der Waals surface area contributed by atoms with E-state index in [4.69, 9.17) is 0 Å². The first-order valence-corrected chi connectivity index (χ1v) is 7.50. The van der Waals surface area contributed by atoms with Crippen molar-refractivity contribution in [3.05, 3.63) is 41.0 Å². The molecule has 5 heteroatoms. The molecular formula is C14H15N2OSSi. The van der Waals surface area contributed by atoms with E-state index in [1.54, 1.807) is 11.3 Å². The topological polar surface area (TPSA) is 42.0 Å². The Morgan fingerprint density at radius 2 is 2.05 bits per heavy atom. The zero-order valence-corrected chi connectivity index (χ0v) is 12.7. The summed E-state index contributed by atoms with van der Waals surface area (Å²) in [5.41, 5.74) is 5.34. The number of benzene rings is 1. The first kappa shape index (κ1) is 14.0. The summed E-state index contributed by atoms with van der Waals surface area (Å²) in [5, 5.41) is 2.76. The normalized spacial score (nSPS) is 13.8. The van der Waals surface area contributed by atoms with Gasteiger partial charge in [0.25, 0.3) is 0 Å². The first-order valence-electron chi connectivity index (χ1n) is 6.04. The summed E-state index contributed by atoms with van der Waals surface area (Å²) >= 11 is 1.65. The van der Waals surface area contributed by atoms with Crippen LogP contribution in [0.1, 0.15) is 23.7 Å². The molecule has 3 radical (unpaired) electrons. The number of aromatic nitrogens is 1. The second kappa shape index (κ2) is 6.12. The molecule has 0 aliphatic heterocycles. The van der Waals surface area contributed by atoms with Gasteiger partial charge in [-0.2, -0.15) is 0 Å². The van der Waals surface area contributed by atoms with Gasteiger partial charge in [-0.3, -0.25) is 4.79 Å². The molecule has 0 fully saturated rings. The Labute approximate surface area is 120 Å². The molecule has 1 heterocycles. The van der Waals surface area contributed by atoms with Gasteiger partial charge < -0.3 is 5.32 Å². The summed E-state index contributed by atoms with van der Waals surface area (Å²) in [7, 11) is 3.66. The molecule has 1 aromatic heterocycles. The molecular weight excluding hydrogens is 272 g/mol.